The van der Waals surface area contributed by atoms with Crippen LogP contribution in [0.4, 0.5) is 5.69 Å². The summed E-state index contributed by atoms with van der Waals surface area (Å²) in [6.45, 7) is 3.46. The highest BCUT2D eigenvalue weighted by atomic mass is 35.5. The third-order valence-electron chi connectivity index (χ3n) is 3.16. The van der Waals surface area contributed by atoms with E-state index in [-0.39, 0.29) is 5.91 Å². The second-order valence-corrected chi connectivity index (χ2v) is 5.43. The number of aromatic nitrogens is 1. The van der Waals surface area contributed by atoms with Gasteiger partial charge < -0.3 is 10.6 Å². The van der Waals surface area contributed by atoms with Gasteiger partial charge in [0.1, 0.15) is 5.69 Å². The summed E-state index contributed by atoms with van der Waals surface area (Å²) in [5, 5.41) is 6.84. The molecule has 0 saturated carbocycles. The van der Waals surface area contributed by atoms with Crippen molar-refractivity contribution in [2.24, 2.45) is 0 Å². The second kappa shape index (κ2) is 8.39. The Balaban J connectivity index is 1.82. The zero-order chi connectivity index (χ0) is 15.8. The van der Waals surface area contributed by atoms with E-state index in [2.05, 4.69) is 15.6 Å². The minimum absolute atomic E-state index is 0.132. The Morgan fingerprint density at radius 2 is 2.09 bits per heavy atom. The van der Waals surface area contributed by atoms with Gasteiger partial charge in [0.05, 0.1) is 11.9 Å². The Morgan fingerprint density at radius 3 is 2.77 bits per heavy atom. The number of nitrogens with zero attached hydrogens (tertiary/aromatic N) is 1. The molecule has 116 valence electrons. The SMILES string of the molecule is CCCNC(=O)c1ccc(NCCc2cccc(Cl)c2)cn1. The first kappa shape index (κ1) is 16.3. The van der Waals surface area contributed by atoms with Gasteiger partial charge in [-0.25, -0.2) is 4.98 Å². The highest BCUT2D eigenvalue weighted by Crippen LogP contribution is 2.12. The molecule has 5 heteroatoms. The number of amides is 1. The Labute approximate surface area is 135 Å². The summed E-state index contributed by atoms with van der Waals surface area (Å²) in [5.41, 5.74) is 2.52. The van der Waals surface area contributed by atoms with Gasteiger partial charge >= 0.3 is 0 Å². The van der Waals surface area contributed by atoms with Crippen LogP contribution in [0.3, 0.4) is 0 Å². The lowest BCUT2D eigenvalue weighted by molar-refractivity contribution is 0.0949. The van der Waals surface area contributed by atoms with E-state index in [0.29, 0.717) is 12.2 Å². The molecule has 0 aliphatic rings. The van der Waals surface area contributed by atoms with E-state index in [1.54, 1.807) is 12.3 Å². The van der Waals surface area contributed by atoms with Gasteiger partial charge in [0.15, 0.2) is 0 Å². The maximum atomic E-state index is 11.7. The van der Waals surface area contributed by atoms with Crippen molar-refractivity contribution in [3.8, 4) is 0 Å². The molecule has 0 spiro atoms. The molecule has 0 saturated heterocycles. The van der Waals surface area contributed by atoms with Gasteiger partial charge in [0.25, 0.3) is 5.91 Å². The largest absolute Gasteiger partial charge is 0.383 e. The highest BCUT2D eigenvalue weighted by Gasteiger charge is 2.05. The third kappa shape index (κ3) is 5.04. The van der Waals surface area contributed by atoms with Gasteiger partial charge in [-0.2, -0.15) is 0 Å². The Morgan fingerprint density at radius 1 is 1.23 bits per heavy atom. The van der Waals surface area contributed by atoms with Crippen molar-refractivity contribution in [1.29, 1.82) is 0 Å². The Bertz CT molecular complexity index is 614. The molecule has 0 aliphatic carbocycles. The van der Waals surface area contributed by atoms with E-state index in [9.17, 15) is 4.79 Å². The lowest BCUT2D eigenvalue weighted by Crippen LogP contribution is -2.24. The molecule has 1 heterocycles. The van der Waals surface area contributed by atoms with Crippen molar-refractivity contribution in [1.82, 2.24) is 10.3 Å². The fourth-order valence-electron chi connectivity index (χ4n) is 2.01. The van der Waals surface area contributed by atoms with E-state index in [1.165, 1.54) is 5.56 Å². The number of halogens is 1. The number of rotatable bonds is 7. The van der Waals surface area contributed by atoms with Gasteiger partial charge in [-0.15, -0.1) is 0 Å². The van der Waals surface area contributed by atoms with Gasteiger partial charge in [-0.05, 0) is 42.7 Å². The monoisotopic (exact) mass is 317 g/mol. The van der Waals surface area contributed by atoms with Crippen LogP contribution in [-0.4, -0.2) is 24.0 Å². The number of hydrogen-bond donors (Lipinski definition) is 2. The average Bonchev–Trinajstić information content (AvgIpc) is 2.53. The summed E-state index contributed by atoms with van der Waals surface area (Å²) in [7, 11) is 0. The van der Waals surface area contributed by atoms with Gasteiger partial charge in [0.2, 0.25) is 0 Å². The molecular weight excluding hydrogens is 298 g/mol. The first-order valence-corrected chi connectivity index (χ1v) is 7.79. The summed E-state index contributed by atoms with van der Waals surface area (Å²) >= 11 is 5.96. The van der Waals surface area contributed by atoms with E-state index in [1.807, 2.05) is 37.3 Å². The molecule has 0 fully saturated rings. The fourth-order valence-corrected chi connectivity index (χ4v) is 2.22. The minimum atomic E-state index is -0.132. The number of benzene rings is 1. The van der Waals surface area contributed by atoms with Crippen molar-refractivity contribution in [2.45, 2.75) is 19.8 Å². The second-order valence-electron chi connectivity index (χ2n) is 4.99. The standard InChI is InChI=1S/C17H20ClN3O/c1-2-9-20-17(22)16-7-6-15(12-21-16)19-10-8-13-4-3-5-14(18)11-13/h3-7,11-12,19H,2,8-10H2,1H3,(H,20,22). The third-order valence-corrected chi connectivity index (χ3v) is 3.40. The van der Waals surface area contributed by atoms with Crippen molar-refractivity contribution >= 4 is 23.2 Å². The zero-order valence-electron chi connectivity index (χ0n) is 12.6. The maximum Gasteiger partial charge on any atom is 0.269 e. The molecule has 0 bridgehead atoms. The smallest absolute Gasteiger partial charge is 0.269 e. The van der Waals surface area contributed by atoms with E-state index < -0.39 is 0 Å². The number of carbonyl (C=O) groups excluding carboxylic acids is 1. The summed E-state index contributed by atoms with van der Waals surface area (Å²) in [5.74, 6) is -0.132. The number of pyridine rings is 1. The van der Waals surface area contributed by atoms with Crippen LogP contribution >= 0.6 is 11.6 Å². The molecular formula is C17H20ClN3O. The van der Waals surface area contributed by atoms with Gasteiger partial charge in [-0.1, -0.05) is 30.7 Å². The lowest BCUT2D eigenvalue weighted by Gasteiger charge is -2.07. The summed E-state index contributed by atoms with van der Waals surface area (Å²) in [6, 6.07) is 11.4. The molecule has 2 N–H and O–H groups in total. The molecule has 2 aromatic rings. The van der Waals surface area contributed by atoms with Gasteiger partial charge in [-0.3, -0.25) is 4.79 Å². The van der Waals surface area contributed by atoms with Crippen LogP contribution in [0.15, 0.2) is 42.6 Å². The van der Waals surface area contributed by atoms with Crippen LogP contribution in [0.2, 0.25) is 5.02 Å². The molecule has 4 nitrogen and oxygen atoms in total. The van der Waals surface area contributed by atoms with E-state index >= 15 is 0 Å². The Hall–Kier alpha value is -2.07. The lowest BCUT2D eigenvalue weighted by atomic mass is 10.1. The first-order valence-electron chi connectivity index (χ1n) is 7.41. The van der Waals surface area contributed by atoms with Crippen LogP contribution in [0.1, 0.15) is 29.4 Å². The predicted molar refractivity (Wildman–Crippen MR) is 90.5 cm³/mol. The van der Waals surface area contributed by atoms with Crippen molar-refractivity contribution in [3.63, 3.8) is 0 Å². The van der Waals surface area contributed by atoms with E-state index in [0.717, 1.165) is 30.1 Å². The van der Waals surface area contributed by atoms with Gasteiger partial charge in [0, 0.05) is 18.1 Å². The molecule has 0 aliphatic heterocycles. The molecule has 0 radical (unpaired) electrons. The first-order chi connectivity index (χ1) is 10.7. The van der Waals surface area contributed by atoms with Crippen LogP contribution in [0.5, 0.6) is 0 Å². The maximum absolute atomic E-state index is 11.7. The topological polar surface area (TPSA) is 54.0 Å². The summed E-state index contributed by atoms with van der Waals surface area (Å²) in [4.78, 5) is 15.9. The highest BCUT2D eigenvalue weighted by molar-refractivity contribution is 6.30. The summed E-state index contributed by atoms with van der Waals surface area (Å²) < 4.78 is 0. The molecule has 22 heavy (non-hydrogen) atoms. The number of carbonyl (C=O) groups is 1. The van der Waals surface area contributed by atoms with Crippen molar-refractivity contribution in [2.75, 3.05) is 18.4 Å². The van der Waals surface area contributed by atoms with Crippen LogP contribution in [-0.2, 0) is 6.42 Å². The molecule has 0 atom stereocenters. The molecule has 1 aromatic carbocycles. The number of nitrogens with one attached hydrogen (secondary N) is 2. The minimum Gasteiger partial charge on any atom is -0.383 e. The molecule has 1 amide bonds. The molecule has 2 rings (SSSR count). The van der Waals surface area contributed by atoms with Crippen LogP contribution < -0.4 is 10.6 Å². The summed E-state index contributed by atoms with van der Waals surface area (Å²) in [6.07, 6.45) is 3.47. The Kier molecular flexibility index (Phi) is 6.22. The normalized spacial score (nSPS) is 10.3. The molecule has 1 aromatic heterocycles. The predicted octanol–water partition coefficient (Wildman–Crippen LogP) is 3.53. The number of anilines is 1. The van der Waals surface area contributed by atoms with Crippen LogP contribution in [0, 0.1) is 0 Å². The van der Waals surface area contributed by atoms with E-state index in [4.69, 9.17) is 11.6 Å². The average molecular weight is 318 g/mol. The van der Waals surface area contributed by atoms with Crippen LogP contribution in [0.25, 0.3) is 0 Å². The fraction of sp³-hybridized carbons (Fsp3) is 0.294. The zero-order valence-corrected chi connectivity index (χ0v) is 13.4. The number of hydrogen-bond acceptors (Lipinski definition) is 3. The van der Waals surface area contributed by atoms with Crippen molar-refractivity contribution in [3.05, 3.63) is 58.9 Å². The van der Waals surface area contributed by atoms with Crippen molar-refractivity contribution < 1.29 is 4.79 Å². The quantitative estimate of drug-likeness (QED) is 0.821. The molecule has 0 unspecified atom stereocenters.